The number of rotatable bonds is 3. The van der Waals surface area contributed by atoms with Gasteiger partial charge in [0.1, 0.15) is 0 Å². The number of para-hydroxylation sites is 1. The van der Waals surface area contributed by atoms with E-state index in [9.17, 15) is 0 Å². The highest BCUT2D eigenvalue weighted by Gasteiger charge is 2.16. The second kappa shape index (κ2) is 5.27. The Labute approximate surface area is 108 Å². The number of hydrogen-bond donors (Lipinski definition) is 1. The number of aromatic amines is 1. The van der Waals surface area contributed by atoms with Crippen LogP contribution < -0.4 is 4.90 Å². The zero-order valence-corrected chi connectivity index (χ0v) is 10.5. The molecule has 3 rings (SSSR count). The van der Waals surface area contributed by atoms with Crippen molar-refractivity contribution in [3.8, 4) is 0 Å². The van der Waals surface area contributed by atoms with Gasteiger partial charge in [0, 0.05) is 50.8 Å². The number of piperazine rings is 1. The molecule has 0 saturated carbocycles. The Morgan fingerprint density at radius 1 is 0.944 bits per heavy atom. The highest BCUT2D eigenvalue weighted by atomic mass is 15.3. The van der Waals surface area contributed by atoms with E-state index in [1.54, 1.807) is 0 Å². The molecular formula is C15H19N3. The molecule has 0 bridgehead atoms. The number of nitrogens with zero attached hydrogens (tertiary/aromatic N) is 2. The maximum atomic E-state index is 3.12. The van der Waals surface area contributed by atoms with Crippen molar-refractivity contribution >= 4 is 5.69 Å². The van der Waals surface area contributed by atoms with Gasteiger partial charge in [0.05, 0.1) is 0 Å². The number of benzene rings is 1. The second-order valence-corrected chi connectivity index (χ2v) is 4.82. The van der Waals surface area contributed by atoms with Crippen LogP contribution in [0, 0.1) is 0 Å². The van der Waals surface area contributed by atoms with Crippen LogP contribution in [0.3, 0.4) is 0 Å². The predicted molar refractivity (Wildman–Crippen MR) is 74.7 cm³/mol. The lowest BCUT2D eigenvalue weighted by atomic mass is 10.2. The monoisotopic (exact) mass is 241 g/mol. The van der Waals surface area contributed by atoms with E-state index in [0.717, 1.165) is 32.7 Å². The first-order valence-electron chi connectivity index (χ1n) is 6.56. The molecule has 1 N–H and O–H groups in total. The highest BCUT2D eigenvalue weighted by Crippen LogP contribution is 2.16. The Morgan fingerprint density at radius 3 is 2.39 bits per heavy atom. The molecule has 94 valence electrons. The molecule has 2 heterocycles. The molecule has 1 aliphatic heterocycles. The summed E-state index contributed by atoms with van der Waals surface area (Å²) in [7, 11) is 0. The van der Waals surface area contributed by atoms with E-state index in [0.29, 0.717) is 0 Å². The van der Waals surface area contributed by atoms with Gasteiger partial charge in [-0.15, -0.1) is 0 Å². The summed E-state index contributed by atoms with van der Waals surface area (Å²) in [5.41, 5.74) is 2.72. The third-order valence-electron chi connectivity index (χ3n) is 3.56. The van der Waals surface area contributed by atoms with E-state index in [1.807, 2.05) is 6.20 Å². The Balaban J connectivity index is 1.55. The van der Waals surface area contributed by atoms with Gasteiger partial charge in [0.15, 0.2) is 0 Å². The van der Waals surface area contributed by atoms with Gasteiger partial charge >= 0.3 is 0 Å². The fourth-order valence-corrected chi connectivity index (χ4v) is 2.52. The van der Waals surface area contributed by atoms with Gasteiger partial charge in [-0.1, -0.05) is 18.2 Å². The fourth-order valence-electron chi connectivity index (χ4n) is 2.52. The average molecular weight is 241 g/mol. The molecule has 3 heteroatoms. The minimum Gasteiger partial charge on any atom is -0.369 e. The fraction of sp³-hybridized carbons (Fsp3) is 0.333. The lowest BCUT2D eigenvalue weighted by molar-refractivity contribution is 0.250. The van der Waals surface area contributed by atoms with Crippen LogP contribution in [0.25, 0.3) is 0 Å². The molecule has 1 fully saturated rings. The predicted octanol–water partition coefficient (Wildman–Crippen LogP) is 2.34. The van der Waals surface area contributed by atoms with Crippen molar-refractivity contribution in [3.05, 3.63) is 54.4 Å². The first kappa shape index (κ1) is 11.4. The number of H-pyrrole nitrogens is 1. The van der Waals surface area contributed by atoms with Crippen LogP contribution >= 0.6 is 0 Å². The summed E-state index contributed by atoms with van der Waals surface area (Å²) in [5, 5.41) is 0. The van der Waals surface area contributed by atoms with Crippen LogP contribution in [0.5, 0.6) is 0 Å². The third kappa shape index (κ3) is 2.57. The largest absolute Gasteiger partial charge is 0.369 e. The van der Waals surface area contributed by atoms with Gasteiger partial charge < -0.3 is 9.88 Å². The van der Waals surface area contributed by atoms with E-state index in [1.165, 1.54) is 11.3 Å². The van der Waals surface area contributed by atoms with Crippen molar-refractivity contribution in [2.75, 3.05) is 31.1 Å². The van der Waals surface area contributed by atoms with Crippen LogP contribution in [0.4, 0.5) is 5.69 Å². The molecule has 0 spiro atoms. The molecule has 0 unspecified atom stereocenters. The van der Waals surface area contributed by atoms with Crippen LogP contribution in [-0.2, 0) is 6.54 Å². The smallest absolute Gasteiger partial charge is 0.0367 e. The summed E-state index contributed by atoms with van der Waals surface area (Å²) in [6, 6.07) is 12.8. The minimum atomic E-state index is 1.06. The van der Waals surface area contributed by atoms with Gasteiger partial charge in [0.2, 0.25) is 0 Å². The Hall–Kier alpha value is -1.74. The lowest BCUT2D eigenvalue weighted by Crippen LogP contribution is -2.45. The van der Waals surface area contributed by atoms with Crippen molar-refractivity contribution in [3.63, 3.8) is 0 Å². The van der Waals surface area contributed by atoms with E-state index in [4.69, 9.17) is 0 Å². The molecule has 2 aromatic rings. The number of aromatic nitrogens is 1. The van der Waals surface area contributed by atoms with Gasteiger partial charge in [-0.2, -0.15) is 0 Å². The molecule has 0 radical (unpaired) electrons. The molecule has 1 aromatic carbocycles. The maximum absolute atomic E-state index is 3.12. The van der Waals surface area contributed by atoms with E-state index in [-0.39, 0.29) is 0 Å². The topological polar surface area (TPSA) is 22.3 Å². The van der Waals surface area contributed by atoms with Crippen molar-refractivity contribution in [1.29, 1.82) is 0 Å². The Morgan fingerprint density at radius 2 is 1.72 bits per heavy atom. The van der Waals surface area contributed by atoms with E-state index in [2.05, 4.69) is 57.4 Å². The molecule has 1 saturated heterocycles. The quantitative estimate of drug-likeness (QED) is 0.891. The first-order valence-corrected chi connectivity index (χ1v) is 6.56. The van der Waals surface area contributed by atoms with Gasteiger partial charge in [-0.25, -0.2) is 0 Å². The average Bonchev–Trinajstić information content (AvgIpc) is 2.94. The standard InChI is InChI=1S/C15H19N3/c1-2-4-15(5-3-1)18-10-8-17(9-11-18)13-14-6-7-16-12-14/h1-7,12,16H,8-11,13H2. The van der Waals surface area contributed by atoms with Gasteiger partial charge in [-0.3, -0.25) is 4.90 Å². The van der Waals surface area contributed by atoms with Crippen LogP contribution in [-0.4, -0.2) is 36.1 Å². The summed E-state index contributed by atoms with van der Waals surface area (Å²) in [5.74, 6) is 0. The summed E-state index contributed by atoms with van der Waals surface area (Å²) in [6.45, 7) is 5.58. The zero-order chi connectivity index (χ0) is 12.2. The maximum Gasteiger partial charge on any atom is 0.0367 e. The minimum absolute atomic E-state index is 1.06. The van der Waals surface area contributed by atoms with Crippen molar-refractivity contribution < 1.29 is 0 Å². The second-order valence-electron chi connectivity index (χ2n) is 4.82. The number of nitrogens with one attached hydrogen (secondary N) is 1. The third-order valence-corrected chi connectivity index (χ3v) is 3.56. The summed E-state index contributed by atoms with van der Waals surface area (Å²) < 4.78 is 0. The van der Waals surface area contributed by atoms with Crippen molar-refractivity contribution in [2.45, 2.75) is 6.54 Å². The van der Waals surface area contributed by atoms with Gasteiger partial charge in [0.25, 0.3) is 0 Å². The van der Waals surface area contributed by atoms with Crippen LogP contribution in [0.2, 0.25) is 0 Å². The van der Waals surface area contributed by atoms with Crippen molar-refractivity contribution in [2.24, 2.45) is 0 Å². The molecule has 18 heavy (non-hydrogen) atoms. The van der Waals surface area contributed by atoms with E-state index < -0.39 is 0 Å². The van der Waals surface area contributed by atoms with Crippen molar-refractivity contribution in [1.82, 2.24) is 9.88 Å². The van der Waals surface area contributed by atoms with E-state index >= 15 is 0 Å². The zero-order valence-electron chi connectivity index (χ0n) is 10.5. The molecule has 1 aliphatic rings. The Kier molecular flexibility index (Phi) is 3.33. The highest BCUT2D eigenvalue weighted by molar-refractivity contribution is 5.46. The van der Waals surface area contributed by atoms with Gasteiger partial charge in [-0.05, 0) is 23.8 Å². The molecule has 3 nitrogen and oxygen atoms in total. The number of hydrogen-bond acceptors (Lipinski definition) is 2. The lowest BCUT2D eigenvalue weighted by Gasteiger charge is -2.36. The molecule has 0 aliphatic carbocycles. The normalized spacial score (nSPS) is 17.0. The summed E-state index contributed by atoms with van der Waals surface area (Å²) in [6.07, 6.45) is 4.08. The molecule has 0 amide bonds. The number of anilines is 1. The molecule has 1 aromatic heterocycles. The molecular weight excluding hydrogens is 222 g/mol. The SMILES string of the molecule is c1ccc(N2CCN(Cc3cc[nH]c3)CC2)cc1. The summed E-state index contributed by atoms with van der Waals surface area (Å²) >= 11 is 0. The van der Waals surface area contributed by atoms with Crippen LogP contribution in [0.15, 0.2) is 48.8 Å². The molecule has 0 atom stereocenters. The Bertz CT molecular complexity index is 456. The van der Waals surface area contributed by atoms with Crippen LogP contribution in [0.1, 0.15) is 5.56 Å². The summed E-state index contributed by atoms with van der Waals surface area (Å²) in [4.78, 5) is 8.10. The first-order chi connectivity index (χ1) is 8.92.